The van der Waals surface area contributed by atoms with E-state index in [4.69, 9.17) is 21.1 Å². The minimum Gasteiger partial charge on any atom is -0.489 e. The molecule has 0 saturated carbocycles. The Kier molecular flexibility index (Phi) is 4.93. The smallest absolute Gasteiger partial charge is 0.138 e. The van der Waals surface area contributed by atoms with Gasteiger partial charge in [-0.1, -0.05) is 17.7 Å². The second-order valence-electron chi connectivity index (χ2n) is 6.69. The molecule has 0 amide bonds. The molecule has 2 aliphatic rings. The summed E-state index contributed by atoms with van der Waals surface area (Å²) in [6, 6.07) is 5.66. The summed E-state index contributed by atoms with van der Waals surface area (Å²) in [5.41, 5.74) is 1.43. The lowest BCUT2D eigenvalue weighted by Crippen LogP contribution is -2.36. The SMILES string of the molecule is Cc1ccc(Cl)c(OC[C@@H](O)CN2CC[C@]3(CCOC3)C2)c1. The standard InChI is InChI=1S/C17H24ClNO3/c1-13-2-3-15(18)16(8-13)22-10-14(20)9-19-6-4-17(11-19)5-7-21-12-17/h2-3,8,14,20H,4-7,9-12H2,1H3/t14-,17-/m0/s1. The van der Waals surface area contributed by atoms with E-state index in [2.05, 4.69) is 4.90 Å². The average molecular weight is 326 g/mol. The van der Waals surface area contributed by atoms with Crippen LogP contribution in [0.25, 0.3) is 0 Å². The van der Waals surface area contributed by atoms with Crippen molar-refractivity contribution >= 4 is 11.6 Å². The molecule has 2 aliphatic heterocycles. The maximum absolute atomic E-state index is 10.2. The fourth-order valence-corrected chi connectivity index (χ4v) is 3.58. The molecule has 2 heterocycles. The van der Waals surface area contributed by atoms with Crippen LogP contribution in [0.2, 0.25) is 5.02 Å². The van der Waals surface area contributed by atoms with Crippen molar-refractivity contribution in [2.24, 2.45) is 5.41 Å². The highest BCUT2D eigenvalue weighted by Crippen LogP contribution is 2.38. The van der Waals surface area contributed by atoms with Crippen molar-refractivity contribution in [2.75, 3.05) is 39.5 Å². The third kappa shape index (κ3) is 3.74. The molecule has 2 fully saturated rings. The molecular formula is C17H24ClNO3. The minimum absolute atomic E-state index is 0.267. The number of aliphatic hydroxyl groups is 1. The number of likely N-dealkylation sites (tertiary alicyclic amines) is 1. The van der Waals surface area contributed by atoms with Gasteiger partial charge in [0.2, 0.25) is 0 Å². The second-order valence-corrected chi connectivity index (χ2v) is 7.09. The monoisotopic (exact) mass is 325 g/mol. The summed E-state index contributed by atoms with van der Waals surface area (Å²) >= 11 is 6.10. The molecule has 2 saturated heterocycles. The van der Waals surface area contributed by atoms with Gasteiger partial charge >= 0.3 is 0 Å². The first-order chi connectivity index (χ1) is 10.6. The Balaban J connectivity index is 1.47. The van der Waals surface area contributed by atoms with Crippen LogP contribution in [0.3, 0.4) is 0 Å². The van der Waals surface area contributed by atoms with E-state index in [9.17, 15) is 5.11 Å². The van der Waals surface area contributed by atoms with E-state index >= 15 is 0 Å². The summed E-state index contributed by atoms with van der Waals surface area (Å²) < 4.78 is 11.2. The molecule has 1 spiro atoms. The predicted octanol–water partition coefficient (Wildman–Crippen LogP) is 2.50. The zero-order chi connectivity index (χ0) is 15.6. The van der Waals surface area contributed by atoms with Crippen molar-refractivity contribution < 1.29 is 14.6 Å². The van der Waals surface area contributed by atoms with Gasteiger partial charge in [-0.15, -0.1) is 0 Å². The fourth-order valence-electron chi connectivity index (χ4n) is 3.41. The quantitative estimate of drug-likeness (QED) is 0.903. The lowest BCUT2D eigenvalue weighted by Gasteiger charge is -2.24. The van der Waals surface area contributed by atoms with Crippen molar-refractivity contribution in [1.29, 1.82) is 0 Å². The van der Waals surface area contributed by atoms with Crippen molar-refractivity contribution in [1.82, 2.24) is 4.90 Å². The van der Waals surface area contributed by atoms with E-state index < -0.39 is 6.10 Å². The zero-order valence-electron chi connectivity index (χ0n) is 13.1. The molecule has 0 aromatic heterocycles. The van der Waals surface area contributed by atoms with E-state index in [-0.39, 0.29) is 6.61 Å². The van der Waals surface area contributed by atoms with Crippen LogP contribution in [0.1, 0.15) is 18.4 Å². The van der Waals surface area contributed by atoms with Crippen LogP contribution in [-0.4, -0.2) is 55.6 Å². The fraction of sp³-hybridized carbons (Fsp3) is 0.647. The number of hydrogen-bond donors (Lipinski definition) is 1. The first-order valence-corrected chi connectivity index (χ1v) is 8.31. The summed E-state index contributed by atoms with van der Waals surface area (Å²) in [4.78, 5) is 2.32. The number of ether oxygens (including phenoxy) is 2. The Morgan fingerprint density at radius 3 is 3.09 bits per heavy atom. The number of hydrogen-bond acceptors (Lipinski definition) is 4. The Hall–Kier alpha value is -0.810. The van der Waals surface area contributed by atoms with Crippen LogP contribution in [0.15, 0.2) is 18.2 Å². The van der Waals surface area contributed by atoms with E-state index in [0.29, 0.717) is 22.7 Å². The Morgan fingerprint density at radius 2 is 2.32 bits per heavy atom. The van der Waals surface area contributed by atoms with Gasteiger partial charge < -0.3 is 14.6 Å². The van der Waals surface area contributed by atoms with Gasteiger partial charge in [0, 0.05) is 25.1 Å². The van der Waals surface area contributed by atoms with Gasteiger partial charge in [-0.05, 0) is 44.0 Å². The molecule has 1 aromatic rings. The van der Waals surface area contributed by atoms with Crippen LogP contribution >= 0.6 is 11.6 Å². The predicted molar refractivity (Wildman–Crippen MR) is 86.6 cm³/mol. The molecule has 5 heteroatoms. The summed E-state index contributed by atoms with van der Waals surface area (Å²) in [6.07, 6.45) is 1.81. The van der Waals surface area contributed by atoms with Crippen LogP contribution in [0.4, 0.5) is 0 Å². The van der Waals surface area contributed by atoms with Crippen molar-refractivity contribution in [2.45, 2.75) is 25.9 Å². The van der Waals surface area contributed by atoms with Crippen LogP contribution in [0.5, 0.6) is 5.75 Å². The lowest BCUT2D eigenvalue weighted by atomic mass is 9.87. The molecule has 0 unspecified atom stereocenters. The number of aryl methyl sites for hydroxylation is 1. The van der Waals surface area contributed by atoms with E-state index in [1.165, 1.54) is 6.42 Å². The highest BCUT2D eigenvalue weighted by atomic mass is 35.5. The summed E-state index contributed by atoms with van der Waals surface area (Å²) in [5.74, 6) is 0.641. The molecule has 0 aliphatic carbocycles. The Bertz CT molecular complexity index is 517. The number of benzene rings is 1. The van der Waals surface area contributed by atoms with E-state index in [1.807, 2.05) is 25.1 Å². The van der Waals surface area contributed by atoms with Crippen LogP contribution in [-0.2, 0) is 4.74 Å². The van der Waals surface area contributed by atoms with Crippen molar-refractivity contribution in [3.8, 4) is 5.75 Å². The van der Waals surface area contributed by atoms with Gasteiger partial charge in [-0.2, -0.15) is 0 Å². The molecule has 0 radical (unpaired) electrons. The number of rotatable bonds is 5. The number of β-amino-alcohol motifs (C(OH)–C–C–N with tert-alkyl or cyclic N) is 1. The van der Waals surface area contributed by atoms with Gasteiger partial charge in [0.1, 0.15) is 18.5 Å². The van der Waals surface area contributed by atoms with Gasteiger partial charge in [-0.3, -0.25) is 4.90 Å². The van der Waals surface area contributed by atoms with E-state index in [0.717, 1.165) is 38.3 Å². The molecule has 1 N–H and O–H groups in total. The summed E-state index contributed by atoms with van der Waals surface area (Å²) in [6.45, 7) is 6.71. The first-order valence-electron chi connectivity index (χ1n) is 7.93. The molecule has 22 heavy (non-hydrogen) atoms. The molecule has 122 valence electrons. The van der Waals surface area contributed by atoms with Gasteiger partial charge in [0.15, 0.2) is 0 Å². The van der Waals surface area contributed by atoms with Crippen molar-refractivity contribution in [3.63, 3.8) is 0 Å². The van der Waals surface area contributed by atoms with E-state index in [1.54, 1.807) is 0 Å². The lowest BCUT2D eigenvalue weighted by molar-refractivity contribution is 0.0705. The van der Waals surface area contributed by atoms with Crippen LogP contribution in [0, 0.1) is 12.3 Å². The third-order valence-corrected chi connectivity index (χ3v) is 5.00. The summed E-state index contributed by atoms with van der Waals surface area (Å²) in [5, 5.41) is 10.8. The molecule has 4 nitrogen and oxygen atoms in total. The third-order valence-electron chi connectivity index (χ3n) is 4.69. The number of aliphatic hydroxyl groups excluding tert-OH is 1. The minimum atomic E-state index is -0.506. The van der Waals surface area contributed by atoms with Gasteiger partial charge in [-0.25, -0.2) is 0 Å². The maximum Gasteiger partial charge on any atom is 0.138 e. The maximum atomic E-state index is 10.2. The number of halogens is 1. The Labute approximate surface area is 137 Å². The van der Waals surface area contributed by atoms with Crippen LogP contribution < -0.4 is 4.74 Å². The van der Waals surface area contributed by atoms with Gasteiger partial charge in [0.25, 0.3) is 0 Å². The topological polar surface area (TPSA) is 41.9 Å². The average Bonchev–Trinajstić information content (AvgIpc) is 3.10. The molecule has 3 rings (SSSR count). The summed E-state index contributed by atoms with van der Waals surface area (Å²) in [7, 11) is 0. The molecule has 2 atom stereocenters. The number of nitrogens with zero attached hydrogens (tertiary/aromatic N) is 1. The highest BCUT2D eigenvalue weighted by Gasteiger charge is 2.41. The largest absolute Gasteiger partial charge is 0.489 e. The molecule has 0 bridgehead atoms. The second kappa shape index (κ2) is 6.75. The Morgan fingerprint density at radius 1 is 1.45 bits per heavy atom. The first kappa shape index (κ1) is 16.1. The normalized spacial score (nSPS) is 26.7. The molecular weight excluding hydrogens is 302 g/mol. The molecule has 1 aromatic carbocycles. The zero-order valence-corrected chi connectivity index (χ0v) is 13.8. The van der Waals surface area contributed by atoms with Crippen molar-refractivity contribution in [3.05, 3.63) is 28.8 Å². The van der Waals surface area contributed by atoms with Gasteiger partial charge in [0.05, 0.1) is 11.6 Å². The highest BCUT2D eigenvalue weighted by molar-refractivity contribution is 6.32.